The van der Waals surface area contributed by atoms with Gasteiger partial charge < -0.3 is 15.3 Å². The number of likely N-dealkylation sites (tertiary alicyclic amines) is 1. The number of hydrazine groups is 1. The van der Waals surface area contributed by atoms with Gasteiger partial charge in [-0.1, -0.05) is 73.4 Å². The fraction of sp³-hybridized carbons (Fsp3) is 0.615. The van der Waals surface area contributed by atoms with E-state index in [1.807, 2.05) is 56.9 Å². The summed E-state index contributed by atoms with van der Waals surface area (Å²) in [5.74, 6) is 11.5. The molecular weight excluding hydrogens is 416 g/mol. The molecular formula is C26H50N4O3. The average molecular weight is 467 g/mol. The fourth-order valence-electron chi connectivity index (χ4n) is 2.61. The van der Waals surface area contributed by atoms with Gasteiger partial charge >= 0.3 is 0 Å². The molecule has 0 aliphatic carbocycles. The van der Waals surface area contributed by atoms with Crippen LogP contribution in [0.4, 0.5) is 0 Å². The van der Waals surface area contributed by atoms with E-state index in [4.69, 9.17) is 11.5 Å². The fourth-order valence-corrected chi connectivity index (χ4v) is 2.61. The smallest absolute Gasteiger partial charge is 0.223 e. The molecule has 1 aliphatic heterocycles. The quantitative estimate of drug-likeness (QED) is 0.233. The second-order valence-corrected chi connectivity index (χ2v) is 7.81. The third-order valence-electron chi connectivity index (χ3n) is 3.97. The van der Waals surface area contributed by atoms with Crippen LogP contribution in [0, 0.1) is 23.7 Å². The van der Waals surface area contributed by atoms with Crippen LogP contribution in [0.15, 0.2) is 24.3 Å². The van der Waals surface area contributed by atoms with E-state index in [0.717, 1.165) is 31.3 Å². The molecule has 1 saturated heterocycles. The van der Waals surface area contributed by atoms with Crippen molar-refractivity contribution in [2.75, 3.05) is 20.2 Å². The normalized spacial score (nSPS) is 13.2. The second kappa shape index (κ2) is 25.9. The van der Waals surface area contributed by atoms with Gasteiger partial charge in [-0.05, 0) is 35.4 Å². The summed E-state index contributed by atoms with van der Waals surface area (Å²) in [6.45, 7) is 19.0. The van der Waals surface area contributed by atoms with Gasteiger partial charge in [-0.2, -0.15) is 0 Å². The molecule has 0 spiro atoms. The van der Waals surface area contributed by atoms with Crippen LogP contribution in [0.3, 0.4) is 0 Å². The maximum atomic E-state index is 11.7. The van der Waals surface area contributed by atoms with Gasteiger partial charge in [0.25, 0.3) is 0 Å². The van der Waals surface area contributed by atoms with Crippen LogP contribution in [0.1, 0.15) is 79.4 Å². The summed E-state index contributed by atoms with van der Waals surface area (Å²) < 4.78 is 0. The summed E-state index contributed by atoms with van der Waals surface area (Å²) in [7, 11) is 1.00. The summed E-state index contributed by atoms with van der Waals surface area (Å²) in [5.41, 5.74) is 2.02. The van der Waals surface area contributed by atoms with Crippen molar-refractivity contribution in [3.8, 4) is 12.3 Å². The third kappa shape index (κ3) is 22.6. The molecule has 1 aliphatic rings. The van der Waals surface area contributed by atoms with Crippen molar-refractivity contribution in [1.82, 2.24) is 10.2 Å². The van der Waals surface area contributed by atoms with Crippen LogP contribution in [0.5, 0.6) is 0 Å². The Kier molecular flexibility index (Phi) is 29.7. The average Bonchev–Trinajstić information content (AvgIpc) is 3.29. The number of rotatable bonds is 4. The molecule has 1 unspecified atom stereocenters. The van der Waals surface area contributed by atoms with Crippen molar-refractivity contribution in [2.24, 2.45) is 23.0 Å². The van der Waals surface area contributed by atoms with E-state index in [-0.39, 0.29) is 5.41 Å². The van der Waals surface area contributed by atoms with Crippen molar-refractivity contribution >= 4 is 12.3 Å². The summed E-state index contributed by atoms with van der Waals surface area (Å²) >= 11 is 0. The molecule has 33 heavy (non-hydrogen) atoms. The van der Waals surface area contributed by atoms with Gasteiger partial charge in [-0.25, -0.2) is 0 Å². The van der Waals surface area contributed by atoms with E-state index in [2.05, 4.69) is 50.6 Å². The van der Waals surface area contributed by atoms with Crippen molar-refractivity contribution in [2.45, 2.75) is 74.8 Å². The number of aliphatic hydroxyl groups is 1. The van der Waals surface area contributed by atoms with Gasteiger partial charge in [0.1, 0.15) is 0 Å². The summed E-state index contributed by atoms with van der Waals surface area (Å²) in [6.07, 6.45) is 7.71. The largest absolute Gasteiger partial charge is 0.400 e. The Labute approximate surface area is 203 Å². The Morgan fingerprint density at radius 3 is 2.00 bits per heavy atom. The molecule has 1 atom stereocenters. The molecule has 7 heteroatoms. The van der Waals surface area contributed by atoms with E-state index in [1.54, 1.807) is 0 Å². The van der Waals surface area contributed by atoms with Crippen LogP contribution in [-0.2, 0) is 16.1 Å². The molecule has 1 aromatic carbocycles. The number of nitrogens with one attached hydrogen (secondary N) is 1. The highest BCUT2D eigenvalue weighted by Crippen LogP contribution is 2.23. The molecule has 1 fully saturated rings. The molecule has 1 aromatic rings. The van der Waals surface area contributed by atoms with Crippen LogP contribution in [-0.4, -0.2) is 42.5 Å². The van der Waals surface area contributed by atoms with Gasteiger partial charge in [0.15, 0.2) is 0 Å². The number of hydrogen-bond acceptors (Lipinski definition) is 5. The number of hydrogen-bond donors (Lipinski definition) is 4. The first-order valence-corrected chi connectivity index (χ1v) is 11.5. The molecule has 6 N–H and O–H groups in total. The molecule has 0 radical (unpaired) electrons. The highest BCUT2D eigenvalue weighted by atomic mass is 16.2. The molecule has 7 nitrogen and oxygen atoms in total. The lowest BCUT2D eigenvalue weighted by atomic mass is 9.92. The highest BCUT2D eigenvalue weighted by Gasteiger charge is 2.26. The molecule has 0 saturated carbocycles. The first-order chi connectivity index (χ1) is 15.7. The van der Waals surface area contributed by atoms with E-state index < -0.39 is 0 Å². The zero-order chi connectivity index (χ0) is 26.9. The van der Waals surface area contributed by atoms with Gasteiger partial charge in [0.05, 0.1) is 0 Å². The second-order valence-electron chi connectivity index (χ2n) is 7.81. The van der Waals surface area contributed by atoms with Gasteiger partial charge in [0.2, 0.25) is 12.3 Å². The topological polar surface area (TPSA) is 122 Å². The summed E-state index contributed by atoms with van der Waals surface area (Å²) in [5, 5.41) is 9.57. The molecule has 0 aromatic heterocycles. The zero-order valence-electron chi connectivity index (χ0n) is 22.4. The number of amides is 2. The Bertz CT molecular complexity index is 605. The summed E-state index contributed by atoms with van der Waals surface area (Å²) in [4.78, 5) is 23.7. The number of carbonyl (C=O) groups is 2. The van der Waals surface area contributed by atoms with Crippen molar-refractivity contribution < 1.29 is 14.7 Å². The maximum absolute atomic E-state index is 11.7. The molecule has 1 heterocycles. The van der Waals surface area contributed by atoms with E-state index in [1.165, 1.54) is 6.42 Å². The lowest BCUT2D eigenvalue weighted by molar-refractivity contribution is -0.132. The number of carbonyl (C=O) groups excluding carboxylic acids is 2. The minimum absolute atomic E-state index is 0.128. The number of nitrogens with two attached hydrogens (primary N) is 2. The minimum atomic E-state index is 0.128. The van der Waals surface area contributed by atoms with Crippen LogP contribution in [0.25, 0.3) is 0 Å². The molecule has 2 amide bonds. The monoisotopic (exact) mass is 466 g/mol. The number of aliphatic hydroxyl groups excluding tert-OH is 1. The maximum Gasteiger partial charge on any atom is 0.223 e. The van der Waals surface area contributed by atoms with Crippen molar-refractivity contribution in [3.63, 3.8) is 0 Å². The predicted molar refractivity (Wildman–Crippen MR) is 141 cm³/mol. The number of nitrogens with zero attached hydrogens (tertiary/aromatic N) is 1. The number of terminal acetylenes is 1. The number of benzene rings is 1. The van der Waals surface area contributed by atoms with E-state index in [9.17, 15) is 9.59 Å². The Morgan fingerprint density at radius 1 is 1.18 bits per heavy atom. The lowest BCUT2D eigenvalue weighted by Gasteiger charge is -2.22. The predicted octanol–water partition coefficient (Wildman–Crippen LogP) is 3.68. The van der Waals surface area contributed by atoms with Crippen molar-refractivity contribution in [3.05, 3.63) is 35.4 Å². The molecule has 192 valence electrons. The van der Waals surface area contributed by atoms with Gasteiger partial charge in [0, 0.05) is 38.7 Å². The first kappa shape index (κ1) is 37.9. The highest BCUT2D eigenvalue weighted by molar-refractivity contribution is 5.77. The van der Waals surface area contributed by atoms with Crippen molar-refractivity contribution in [1.29, 1.82) is 0 Å². The Morgan fingerprint density at radius 2 is 1.67 bits per heavy atom. The first-order valence-electron chi connectivity index (χ1n) is 11.5. The van der Waals surface area contributed by atoms with Crippen LogP contribution >= 0.6 is 0 Å². The van der Waals surface area contributed by atoms with Crippen LogP contribution in [0.2, 0.25) is 0 Å². The third-order valence-corrected chi connectivity index (χ3v) is 3.97. The minimum Gasteiger partial charge on any atom is -0.400 e. The Balaban J connectivity index is -0.000000196. The van der Waals surface area contributed by atoms with Crippen LogP contribution < -0.4 is 17.0 Å². The van der Waals surface area contributed by atoms with E-state index in [0.29, 0.717) is 31.2 Å². The zero-order valence-corrected chi connectivity index (χ0v) is 22.4. The standard InChI is InChI=1S/C11H21NO.C10H9NO.2C2H6.CH4O.H4N2/c1-9-5-6-12(8-9)10(13)7-11(2,3)4;1-2-9-3-5-10(6-4-9)7-11-8-12;4*1-2/h9H,5-8H2,1-4H3;1,3-6,8H,7H2,(H,11,12);2*1-2H3;2H,1H3;1-2H2. The van der Waals surface area contributed by atoms with Gasteiger partial charge in [-0.15, -0.1) is 6.42 Å². The Hall–Kier alpha value is -2.40. The van der Waals surface area contributed by atoms with Gasteiger partial charge in [-0.3, -0.25) is 21.3 Å². The summed E-state index contributed by atoms with van der Waals surface area (Å²) in [6, 6.07) is 7.49. The molecule has 2 rings (SSSR count). The van der Waals surface area contributed by atoms with E-state index >= 15 is 0 Å². The molecule has 0 bridgehead atoms. The SMILES string of the molecule is C#Cc1ccc(CNC=O)cc1.CC.CC.CC1CCN(C(=O)CC(C)(C)C)C1.CO.NN. The lowest BCUT2D eigenvalue weighted by Crippen LogP contribution is -2.31.